The van der Waals surface area contributed by atoms with Gasteiger partial charge in [-0.2, -0.15) is 0 Å². The zero-order chi connectivity index (χ0) is 53.2. The number of aromatic hydroxyl groups is 1. The van der Waals surface area contributed by atoms with E-state index in [1.165, 1.54) is 29.7 Å². The molecule has 12 N–H and O–H groups in total. The highest BCUT2D eigenvalue weighted by atomic mass is 16.4. The van der Waals surface area contributed by atoms with E-state index in [-0.39, 0.29) is 49.8 Å². The summed E-state index contributed by atoms with van der Waals surface area (Å²) in [4.78, 5) is 112. The van der Waals surface area contributed by atoms with Crippen LogP contribution in [-0.2, 0) is 59.2 Å². The maximum absolute atomic E-state index is 14.5. The van der Waals surface area contributed by atoms with Crippen LogP contribution >= 0.6 is 0 Å². The summed E-state index contributed by atoms with van der Waals surface area (Å²) in [5.74, 6) is -4.80. The average Bonchev–Trinajstić information content (AvgIpc) is 4.16. The highest BCUT2D eigenvalue weighted by Crippen LogP contribution is 2.20. The molecule has 5 rings (SSSR count). The lowest BCUT2D eigenvalue weighted by Crippen LogP contribution is -2.60. The number of phenolic OH excluding ortho intramolecular Hbond substituents is 1. The molecule has 8 atom stereocenters. The summed E-state index contributed by atoms with van der Waals surface area (Å²) in [6.07, 6.45) is 8.09. The van der Waals surface area contributed by atoms with Gasteiger partial charge < -0.3 is 62.7 Å². The van der Waals surface area contributed by atoms with E-state index in [1.807, 2.05) is 58.0 Å². The van der Waals surface area contributed by atoms with Crippen molar-refractivity contribution in [3.8, 4) is 5.75 Å². The Morgan fingerprint density at radius 1 is 0.671 bits per heavy atom. The van der Waals surface area contributed by atoms with Crippen molar-refractivity contribution in [1.29, 1.82) is 0 Å². The van der Waals surface area contributed by atoms with Gasteiger partial charge in [-0.3, -0.25) is 28.8 Å². The van der Waals surface area contributed by atoms with Gasteiger partial charge in [-0.1, -0.05) is 84.0 Å². The Morgan fingerprint density at radius 2 is 1.23 bits per heavy atom. The van der Waals surface area contributed by atoms with Gasteiger partial charge in [0.25, 0.3) is 0 Å². The lowest BCUT2D eigenvalue weighted by Gasteiger charge is -2.30. The van der Waals surface area contributed by atoms with Crippen molar-refractivity contribution in [2.75, 3.05) is 13.1 Å². The molecule has 1 unspecified atom stereocenters. The van der Waals surface area contributed by atoms with Gasteiger partial charge in [0, 0.05) is 68.6 Å². The third-order valence-corrected chi connectivity index (χ3v) is 12.7. The second-order valence-corrected chi connectivity index (χ2v) is 20.1. The van der Waals surface area contributed by atoms with Crippen LogP contribution in [0.1, 0.15) is 89.7 Å². The Labute approximate surface area is 426 Å². The number of carboxylic acids is 1. The van der Waals surface area contributed by atoms with E-state index in [9.17, 15) is 43.8 Å². The van der Waals surface area contributed by atoms with Gasteiger partial charge in [-0.05, 0) is 66.7 Å². The first-order valence-electron chi connectivity index (χ1n) is 25.1. The predicted molar refractivity (Wildman–Crippen MR) is 272 cm³/mol. The van der Waals surface area contributed by atoms with Gasteiger partial charge in [0.15, 0.2) is 0 Å². The van der Waals surface area contributed by atoms with Crippen molar-refractivity contribution in [3.05, 3.63) is 102 Å². The van der Waals surface area contributed by atoms with Crippen LogP contribution in [-0.4, -0.2) is 138 Å². The first kappa shape index (κ1) is 56.8. The number of aliphatic carboxylic acids is 1. The fraction of sp³-hybridized carbons (Fsp3) is 0.519. The van der Waals surface area contributed by atoms with Gasteiger partial charge in [-0.25, -0.2) is 14.8 Å². The molecule has 396 valence electrons. The molecular weight excluding hydrogens is 937 g/mol. The zero-order valence-corrected chi connectivity index (χ0v) is 42.6. The highest BCUT2D eigenvalue weighted by Gasteiger charge is 2.39. The van der Waals surface area contributed by atoms with Crippen molar-refractivity contribution in [1.82, 2.24) is 56.7 Å². The molecule has 0 aliphatic carbocycles. The Bertz CT molecular complexity index is 2400. The maximum atomic E-state index is 14.5. The summed E-state index contributed by atoms with van der Waals surface area (Å²) in [5.41, 5.74) is 8.87. The van der Waals surface area contributed by atoms with Crippen LogP contribution < -0.4 is 37.6 Å². The van der Waals surface area contributed by atoms with Crippen molar-refractivity contribution >= 4 is 41.4 Å². The van der Waals surface area contributed by atoms with Gasteiger partial charge in [0.05, 0.1) is 24.7 Å². The van der Waals surface area contributed by atoms with E-state index in [4.69, 9.17) is 5.73 Å². The number of aromatic amines is 2. The second kappa shape index (κ2) is 27.6. The number of hydrogen-bond donors (Lipinski definition) is 11. The summed E-state index contributed by atoms with van der Waals surface area (Å²) in [6.45, 7) is 11.8. The Hall–Kier alpha value is -7.13. The monoisotopic (exact) mass is 1010 g/mol. The number of H-pyrrole nitrogens is 2. The van der Waals surface area contributed by atoms with Crippen LogP contribution in [0.2, 0.25) is 0 Å². The fourth-order valence-corrected chi connectivity index (χ4v) is 8.88. The summed E-state index contributed by atoms with van der Waals surface area (Å²) in [5, 5.41) is 37.3. The largest absolute Gasteiger partial charge is 0.508 e. The van der Waals surface area contributed by atoms with Crippen molar-refractivity contribution in [2.24, 2.45) is 23.5 Å². The summed E-state index contributed by atoms with van der Waals surface area (Å²) in [6, 6.07) is 7.21. The third kappa shape index (κ3) is 17.8. The number of carbonyl (C=O) groups is 7. The molecule has 2 aromatic carbocycles. The molecule has 0 saturated carbocycles. The molecule has 2 aromatic heterocycles. The van der Waals surface area contributed by atoms with E-state index in [0.717, 1.165) is 5.56 Å². The average molecular weight is 1010 g/mol. The summed E-state index contributed by atoms with van der Waals surface area (Å²) in [7, 11) is 0. The molecule has 6 amide bonds. The van der Waals surface area contributed by atoms with Gasteiger partial charge in [-0.15, -0.1) is 0 Å². The molecule has 1 saturated heterocycles. The molecular formula is C52H74N12O9. The van der Waals surface area contributed by atoms with Gasteiger partial charge in [0.2, 0.25) is 35.4 Å². The molecule has 73 heavy (non-hydrogen) atoms. The number of amides is 6. The number of carboxylic acid groups (broad SMARTS) is 1. The SMILES string of the molecule is CC(C)CC(CN[C@@H](CC(C)C)C(=O)N[C@H](C(=O)N[C@@H](Cc1ccc(O)cc1)C(=O)O)C(C)C)NC(=O)[C@H](Cc1cnc[nH]1)NC(=O)[C@H](Cc1ccccc1)NC(=O)[C@@H]1CCCN1C(=O)[C@@H](N)Cc1cnc[nH]1. The smallest absolute Gasteiger partial charge is 0.326 e. The van der Waals surface area contributed by atoms with Crippen LogP contribution in [0.25, 0.3) is 0 Å². The zero-order valence-electron chi connectivity index (χ0n) is 42.6. The van der Waals surface area contributed by atoms with Crippen LogP contribution in [0.5, 0.6) is 5.75 Å². The first-order valence-corrected chi connectivity index (χ1v) is 25.1. The quantitative estimate of drug-likeness (QED) is 0.0386. The van der Waals surface area contributed by atoms with Crippen molar-refractivity contribution in [3.63, 3.8) is 0 Å². The number of phenols is 1. The minimum Gasteiger partial charge on any atom is -0.508 e. The van der Waals surface area contributed by atoms with Crippen LogP contribution in [0.4, 0.5) is 0 Å². The third-order valence-electron chi connectivity index (χ3n) is 12.7. The first-order chi connectivity index (χ1) is 34.8. The van der Waals surface area contributed by atoms with E-state index in [1.54, 1.807) is 38.4 Å². The molecule has 21 nitrogen and oxygen atoms in total. The second-order valence-electron chi connectivity index (χ2n) is 20.1. The van der Waals surface area contributed by atoms with Gasteiger partial charge in [0.1, 0.15) is 36.0 Å². The van der Waals surface area contributed by atoms with E-state index in [0.29, 0.717) is 49.2 Å². The Kier molecular flexibility index (Phi) is 21.5. The van der Waals surface area contributed by atoms with Crippen LogP contribution in [0.15, 0.2) is 79.6 Å². The number of nitrogens with one attached hydrogen (secondary N) is 8. The molecule has 0 radical (unpaired) electrons. The summed E-state index contributed by atoms with van der Waals surface area (Å²) >= 11 is 0. The van der Waals surface area contributed by atoms with Crippen LogP contribution in [0, 0.1) is 17.8 Å². The molecule has 1 aliphatic heterocycles. The molecule has 21 heteroatoms. The number of benzene rings is 2. The molecule has 1 fully saturated rings. The lowest BCUT2D eigenvalue weighted by atomic mass is 9.98. The predicted octanol–water partition coefficient (Wildman–Crippen LogP) is 1.64. The number of carbonyl (C=O) groups excluding carboxylic acids is 6. The normalized spacial score (nSPS) is 16.5. The Balaban J connectivity index is 1.30. The number of nitrogens with zero attached hydrogens (tertiary/aromatic N) is 3. The number of rotatable bonds is 28. The summed E-state index contributed by atoms with van der Waals surface area (Å²) < 4.78 is 0. The standard InChI is InChI=1S/C52H74N12O9/c1-30(2)19-37(27-56-40(20-31(3)4)46(66)63-45(32(5)6)50(70)62-43(52(72)73)22-34-14-16-38(65)17-15-34)59-47(67)42(24-36-26-55-29-58-36)60-48(68)41(21-33-11-8-7-9-12-33)61-49(69)44-13-10-18-64(44)51(71)39(53)23-35-25-54-28-57-35/h7-9,11-12,14-17,25-26,28-32,37,39-45,56,65H,10,13,18-24,27,53H2,1-6H3,(H,54,57)(H,55,58)(H,59,67)(H,60,68)(H,61,69)(H,62,70)(H,63,66)(H,72,73)/t37?,39-,40-,41-,42-,43-,44-,45-/m0/s1. The van der Waals surface area contributed by atoms with E-state index in [2.05, 4.69) is 51.8 Å². The van der Waals surface area contributed by atoms with E-state index < -0.39 is 95.7 Å². The van der Waals surface area contributed by atoms with Crippen LogP contribution in [0.3, 0.4) is 0 Å². The van der Waals surface area contributed by atoms with Crippen molar-refractivity contribution < 1.29 is 43.8 Å². The van der Waals surface area contributed by atoms with E-state index >= 15 is 0 Å². The Morgan fingerprint density at radius 3 is 1.82 bits per heavy atom. The fourth-order valence-electron chi connectivity index (χ4n) is 8.88. The lowest BCUT2D eigenvalue weighted by molar-refractivity contribution is -0.142. The molecule has 4 aromatic rings. The number of aromatic nitrogens is 4. The molecule has 0 bridgehead atoms. The molecule has 1 aliphatic rings. The van der Waals surface area contributed by atoms with Crippen molar-refractivity contribution in [2.45, 2.75) is 141 Å². The molecule has 3 heterocycles. The maximum Gasteiger partial charge on any atom is 0.326 e. The molecule has 0 spiro atoms. The minimum absolute atomic E-state index is 0.0131. The number of likely N-dealkylation sites (tertiary alicyclic amines) is 1. The van der Waals surface area contributed by atoms with Gasteiger partial charge >= 0.3 is 5.97 Å². The number of imidazole rings is 2. The number of hydrogen-bond acceptors (Lipinski definition) is 12. The minimum atomic E-state index is -1.31. The number of nitrogens with two attached hydrogens (primary N) is 1. The highest BCUT2D eigenvalue weighted by molar-refractivity contribution is 5.95. The topological polar surface area (TPSA) is 319 Å².